The van der Waals surface area contributed by atoms with Gasteiger partial charge in [-0.2, -0.15) is 0 Å². The summed E-state index contributed by atoms with van der Waals surface area (Å²) in [6, 6.07) is 5.58. The smallest absolute Gasteiger partial charge is 0.354 e. The van der Waals surface area contributed by atoms with Gasteiger partial charge in [0.2, 0.25) is 0 Å². The molecule has 1 heterocycles. The summed E-state index contributed by atoms with van der Waals surface area (Å²) in [6.45, 7) is 6.28. The molecule has 1 aromatic carbocycles. The van der Waals surface area contributed by atoms with Crippen LogP contribution in [0.2, 0.25) is 0 Å². The van der Waals surface area contributed by atoms with Gasteiger partial charge in [-0.1, -0.05) is 25.3 Å². The third-order valence-electron chi connectivity index (χ3n) is 6.64. The van der Waals surface area contributed by atoms with E-state index in [1.807, 2.05) is 6.92 Å². The number of Topliss-reactive ketones (excluding diaryl/α,β-unsaturated/α-hetero) is 1. The third-order valence-corrected chi connectivity index (χ3v) is 6.64. The number of carbonyl (C=O) groups is 3. The highest BCUT2D eigenvalue weighted by Gasteiger charge is 2.30. The molecule has 1 aliphatic carbocycles. The van der Waals surface area contributed by atoms with Gasteiger partial charge in [-0.15, -0.1) is 0 Å². The number of nitrogens with zero attached hydrogens (tertiary/aromatic N) is 2. The van der Waals surface area contributed by atoms with E-state index in [0.717, 1.165) is 25.7 Å². The van der Waals surface area contributed by atoms with Crippen LogP contribution in [0.1, 0.15) is 81.5 Å². The Kier molecular flexibility index (Phi) is 8.06. The first kappa shape index (κ1) is 24.7. The summed E-state index contributed by atoms with van der Waals surface area (Å²) in [5.74, 6) is -1.25. The van der Waals surface area contributed by atoms with Crippen LogP contribution in [0.25, 0.3) is 0 Å². The molecule has 0 aliphatic heterocycles. The number of benzene rings is 1. The van der Waals surface area contributed by atoms with Gasteiger partial charge in [-0.25, -0.2) is 9.18 Å². The molecule has 1 aliphatic rings. The largest absolute Gasteiger partial charge is 0.464 e. The first-order valence-electron chi connectivity index (χ1n) is 11.6. The third kappa shape index (κ3) is 5.34. The zero-order valence-corrected chi connectivity index (χ0v) is 19.9. The van der Waals surface area contributed by atoms with Gasteiger partial charge in [0.25, 0.3) is 5.91 Å². The van der Waals surface area contributed by atoms with E-state index in [1.165, 1.54) is 31.7 Å². The van der Waals surface area contributed by atoms with Crippen molar-refractivity contribution in [2.45, 2.75) is 59.4 Å². The molecule has 6 nitrogen and oxygen atoms in total. The van der Waals surface area contributed by atoms with Gasteiger partial charge in [0.05, 0.1) is 13.7 Å². The average molecular weight is 457 g/mol. The molecule has 1 saturated carbocycles. The molecule has 1 fully saturated rings. The van der Waals surface area contributed by atoms with Crippen LogP contribution in [-0.2, 0) is 11.3 Å². The van der Waals surface area contributed by atoms with Crippen LogP contribution in [0.4, 0.5) is 4.39 Å². The van der Waals surface area contributed by atoms with Gasteiger partial charge in [0.1, 0.15) is 11.5 Å². The number of amides is 1. The maximum Gasteiger partial charge on any atom is 0.354 e. The fourth-order valence-electron chi connectivity index (χ4n) is 5.02. The molecule has 0 bridgehead atoms. The van der Waals surface area contributed by atoms with Crippen LogP contribution < -0.4 is 0 Å². The van der Waals surface area contributed by atoms with Crippen LogP contribution in [0.3, 0.4) is 0 Å². The summed E-state index contributed by atoms with van der Waals surface area (Å²) in [4.78, 5) is 40.7. The Morgan fingerprint density at radius 2 is 1.85 bits per heavy atom. The normalized spacial score (nSPS) is 14.2. The lowest BCUT2D eigenvalue weighted by atomic mass is 9.88. The van der Waals surface area contributed by atoms with E-state index in [2.05, 4.69) is 0 Å². The number of methoxy groups -OCH3 is 1. The van der Waals surface area contributed by atoms with Crippen molar-refractivity contribution < 1.29 is 23.5 Å². The molecule has 3 rings (SSSR count). The molecular formula is C26H33FN2O4. The first-order chi connectivity index (χ1) is 15.8. The second-order valence-electron chi connectivity index (χ2n) is 8.79. The molecule has 0 radical (unpaired) electrons. The molecule has 0 saturated heterocycles. The number of aromatic nitrogens is 1. The Labute approximate surface area is 194 Å². The molecule has 1 aromatic heterocycles. The molecule has 1 amide bonds. The highest BCUT2D eigenvalue weighted by Crippen LogP contribution is 2.27. The maximum atomic E-state index is 13.8. The quantitative estimate of drug-likeness (QED) is 0.416. The van der Waals surface area contributed by atoms with Crippen molar-refractivity contribution in [3.05, 3.63) is 58.2 Å². The zero-order valence-electron chi connectivity index (χ0n) is 19.9. The van der Waals surface area contributed by atoms with Gasteiger partial charge < -0.3 is 14.2 Å². The van der Waals surface area contributed by atoms with Crippen LogP contribution in [0, 0.1) is 25.6 Å². The van der Waals surface area contributed by atoms with E-state index >= 15 is 0 Å². The van der Waals surface area contributed by atoms with Gasteiger partial charge in [-0.05, 0) is 63.3 Å². The molecule has 2 aromatic rings. The minimum absolute atomic E-state index is 0.123. The minimum Gasteiger partial charge on any atom is -0.464 e. The molecular weight excluding hydrogens is 423 g/mol. The molecule has 0 atom stereocenters. The summed E-state index contributed by atoms with van der Waals surface area (Å²) < 4.78 is 20.5. The predicted molar refractivity (Wildman–Crippen MR) is 124 cm³/mol. The van der Waals surface area contributed by atoms with Crippen molar-refractivity contribution in [1.29, 1.82) is 0 Å². The standard InChI is InChI=1S/C26H33FN2O4/c1-5-29-18(3)23(17(2)24(29)26(32)33-4)22(30)16-28(15-19-10-7-6-8-11-19)25(31)20-12-9-13-21(27)14-20/h9,12-14,19H,5-8,10-11,15-16H2,1-4H3. The van der Waals surface area contributed by atoms with E-state index in [0.29, 0.717) is 41.5 Å². The van der Waals surface area contributed by atoms with E-state index in [1.54, 1.807) is 29.4 Å². The SMILES string of the molecule is CCn1c(C)c(C(=O)CN(CC2CCCCC2)C(=O)c2cccc(F)c2)c(C)c1C(=O)OC. The molecule has 178 valence electrons. The van der Waals surface area contributed by atoms with Gasteiger partial charge in [0, 0.05) is 29.9 Å². The maximum absolute atomic E-state index is 13.8. The number of ether oxygens (including phenoxy) is 1. The Hall–Kier alpha value is -2.96. The summed E-state index contributed by atoms with van der Waals surface area (Å²) in [6.07, 6.45) is 5.43. The van der Waals surface area contributed by atoms with E-state index < -0.39 is 11.8 Å². The zero-order chi connectivity index (χ0) is 24.1. The van der Waals surface area contributed by atoms with Crippen LogP contribution >= 0.6 is 0 Å². The van der Waals surface area contributed by atoms with Crippen molar-refractivity contribution in [3.8, 4) is 0 Å². The average Bonchev–Trinajstić information content (AvgIpc) is 3.07. The predicted octanol–water partition coefficient (Wildman–Crippen LogP) is 4.96. The number of rotatable bonds is 8. The highest BCUT2D eigenvalue weighted by molar-refractivity contribution is 6.06. The Morgan fingerprint density at radius 3 is 2.45 bits per heavy atom. The monoisotopic (exact) mass is 456 g/mol. The summed E-state index contributed by atoms with van der Waals surface area (Å²) in [7, 11) is 1.31. The van der Waals surface area contributed by atoms with E-state index in [-0.39, 0.29) is 23.8 Å². The van der Waals surface area contributed by atoms with Crippen molar-refractivity contribution >= 4 is 17.7 Å². The van der Waals surface area contributed by atoms with Gasteiger partial charge in [0.15, 0.2) is 5.78 Å². The lowest BCUT2D eigenvalue weighted by Crippen LogP contribution is -2.40. The lowest BCUT2D eigenvalue weighted by Gasteiger charge is -2.29. The number of hydrogen-bond donors (Lipinski definition) is 0. The van der Waals surface area contributed by atoms with Crippen molar-refractivity contribution in [1.82, 2.24) is 9.47 Å². The van der Waals surface area contributed by atoms with E-state index in [4.69, 9.17) is 4.74 Å². The molecule has 7 heteroatoms. The van der Waals surface area contributed by atoms with Crippen molar-refractivity contribution in [2.75, 3.05) is 20.2 Å². The second kappa shape index (κ2) is 10.8. The fraction of sp³-hybridized carbons (Fsp3) is 0.500. The Bertz CT molecular complexity index is 1040. The summed E-state index contributed by atoms with van der Waals surface area (Å²) in [5.41, 5.74) is 2.26. The molecule has 33 heavy (non-hydrogen) atoms. The number of esters is 1. The number of carbonyl (C=O) groups excluding carboxylic acids is 3. The van der Waals surface area contributed by atoms with E-state index in [9.17, 15) is 18.8 Å². The summed E-state index contributed by atoms with van der Waals surface area (Å²) in [5, 5.41) is 0. The molecule has 0 spiro atoms. The van der Waals surface area contributed by atoms with Crippen molar-refractivity contribution in [2.24, 2.45) is 5.92 Å². The molecule has 0 unspecified atom stereocenters. The highest BCUT2D eigenvalue weighted by atomic mass is 19.1. The minimum atomic E-state index is -0.494. The van der Waals surface area contributed by atoms with Gasteiger partial charge >= 0.3 is 5.97 Å². The summed E-state index contributed by atoms with van der Waals surface area (Å²) >= 11 is 0. The van der Waals surface area contributed by atoms with Gasteiger partial charge in [-0.3, -0.25) is 9.59 Å². The van der Waals surface area contributed by atoms with Crippen LogP contribution in [0.5, 0.6) is 0 Å². The van der Waals surface area contributed by atoms with Crippen LogP contribution in [0.15, 0.2) is 24.3 Å². The second-order valence-corrected chi connectivity index (χ2v) is 8.79. The Balaban J connectivity index is 1.93. The molecule has 0 N–H and O–H groups in total. The number of ketones is 1. The van der Waals surface area contributed by atoms with Crippen LogP contribution in [-0.4, -0.2) is 47.3 Å². The van der Waals surface area contributed by atoms with Crippen molar-refractivity contribution in [3.63, 3.8) is 0 Å². The number of halogens is 1. The number of hydrogen-bond acceptors (Lipinski definition) is 4. The fourth-order valence-corrected chi connectivity index (χ4v) is 5.02. The Morgan fingerprint density at radius 1 is 1.15 bits per heavy atom. The topological polar surface area (TPSA) is 68.6 Å². The lowest BCUT2D eigenvalue weighted by molar-refractivity contribution is 0.0587. The first-order valence-corrected chi connectivity index (χ1v) is 11.6.